The van der Waals surface area contributed by atoms with Crippen molar-refractivity contribution in [1.29, 1.82) is 0 Å². The van der Waals surface area contributed by atoms with Crippen LogP contribution in [0.3, 0.4) is 0 Å². The number of hydrogen-bond donors (Lipinski definition) is 3. The smallest absolute Gasteiger partial charge is 0.252 e. The van der Waals surface area contributed by atoms with E-state index in [4.69, 9.17) is 16.7 Å². The maximum Gasteiger partial charge on any atom is 0.252 e. The number of phenols is 1. The second kappa shape index (κ2) is 4.34. The third kappa shape index (κ3) is 2.21. The van der Waals surface area contributed by atoms with Crippen molar-refractivity contribution >= 4 is 33.0 Å². The number of hydrogen-bond acceptors (Lipinski definition) is 6. The van der Waals surface area contributed by atoms with Crippen LogP contribution in [0.2, 0.25) is 5.02 Å². The summed E-state index contributed by atoms with van der Waals surface area (Å²) < 4.78 is 22.4. The Labute approximate surface area is 112 Å². The summed E-state index contributed by atoms with van der Waals surface area (Å²) in [4.78, 5) is 21.6. The zero-order valence-corrected chi connectivity index (χ0v) is 10.7. The van der Waals surface area contributed by atoms with E-state index in [0.717, 1.165) is 6.07 Å². The summed E-state index contributed by atoms with van der Waals surface area (Å²) in [6, 6.07) is 3.71. The van der Waals surface area contributed by atoms with E-state index in [-0.39, 0.29) is 16.4 Å². The molecule has 19 heavy (non-hydrogen) atoms. The molecule has 2 aromatic rings. The lowest BCUT2D eigenvalue weighted by molar-refractivity contribution is 0.461. The monoisotopic (exact) mass is 302 g/mol. The van der Waals surface area contributed by atoms with E-state index in [9.17, 15) is 23.1 Å². The third-order valence-corrected chi connectivity index (χ3v) is 3.72. The van der Waals surface area contributed by atoms with Crippen LogP contribution < -0.4 is 21.3 Å². The molecule has 0 aliphatic rings. The summed E-state index contributed by atoms with van der Waals surface area (Å²) in [7, 11) is -4.11. The molecule has 0 aromatic heterocycles. The van der Waals surface area contributed by atoms with E-state index in [1.165, 1.54) is 12.1 Å². The van der Waals surface area contributed by atoms with Crippen LogP contribution in [0.1, 0.15) is 0 Å². The van der Waals surface area contributed by atoms with Crippen LogP contribution >= 0.6 is 11.6 Å². The molecule has 100 valence electrons. The number of nitrogens with two attached hydrogens (primary N) is 1. The molecule has 0 atom stereocenters. The molecule has 4 N–H and O–H groups in total. The molecule has 0 radical (unpaired) electrons. The highest BCUT2D eigenvalue weighted by molar-refractivity contribution is 7.89. The van der Waals surface area contributed by atoms with Gasteiger partial charge in [-0.3, -0.25) is 9.59 Å². The molecule has 7 nitrogen and oxygen atoms in total. The molecule has 2 rings (SSSR count). The van der Waals surface area contributed by atoms with Gasteiger partial charge >= 0.3 is 0 Å². The third-order valence-electron chi connectivity index (χ3n) is 2.42. The Morgan fingerprint density at radius 3 is 2.37 bits per heavy atom. The maximum atomic E-state index is 11.2. The summed E-state index contributed by atoms with van der Waals surface area (Å²) in [5, 5.41) is 16.7. The van der Waals surface area contributed by atoms with E-state index in [1.807, 2.05) is 0 Å². The molecule has 0 aliphatic carbocycles. The summed E-state index contributed by atoms with van der Waals surface area (Å²) in [6.07, 6.45) is 0. The highest BCUT2D eigenvalue weighted by Crippen LogP contribution is 2.33. The predicted molar refractivity (Wildman–Crippen MR) is 69.1 cm³/mol. The van der Waals surface area contributed by atoms with Crippen molar-refractivity contribution in [3.8, 4) is 5.75 Å². The van der Waals surface area contributed by atoms with E-state index in [2.05, 4.69) is 5.32 Å². The minimum Gasteiger partial charge on any atom is -0.504 e. The molecule has 0 amide bonds. The van der Waals surface area contributed by atoms with Crippen LogP contribution in [0.15, 0.2) is 32.7 Å². The van der Waals surface area contributed by atoms with Crippen LogP contribution in [-0.4, -0.2) is 13.5 Å². The molecule has 0 fully saturated rings. The Kier molecular flexibility index (Phi) is 3.09. The zero-order chi connectivity index (χ0) is 14.4. The summed E-state index contributed by atoms with van der Waals surface area (Å²) in [6.45, 7) is 0. The maximum absolute atomic E-state index is 11.2. The fourth-order valence-electron chi connectivity index (χ4n) is 1.46. The lowest BCUT2D eigenvalue weighted by Crippen LogP contribution is -2.33. The minimum atomic E-state index is -4.11. The van der Waals surface area contributed by atoms with Crippen molar-refractivity contribution < 1.29 is 13.5 Å². The first-order valence-corrected chi connectivity index (χ1v) is 6.76. The van der Waals surface area contributed by atoms with Crippen LogP contribution in [-0.2, 0) is 10.0 Å². The molecular weight excluding hydrogens is 296 g/mol. The molecule has 0 spiro atoms. The summed E-state index contributed by atoms with van der Waals surface area (Å²) >= 11 is 5.51. The van der Waals surface area contributed by atoms with Crippen LogP contribution in [0.25, 0.3) is 0 Å². The van der Waals surface area contributed by atoms with Gasteiger partial charge in [0.1, 0.15) is 15.6 Å². The molecule has 0 heterocycles. The van der Waals surface area contributed by atoms with Crippen LogP contribution in [0, 0.1) is 0 Å². The largest absolute Gasteiger partial charge is 0.504 e. The van der Waals surface area contributed by atoms with Crippen LogP contribution in [0.5, 0.6) is 5.75 Å². The normalized spacial score (nSPS) is 11.7. The second-order valence-electron chi connectivity index (χ2n) is 3.67. The second-order valence-corrected chi connectivity index (χ2v) is 5.58. The summed E-state index contributed by atoms with van der Waals surface area (Å²) in [5.41, 5.74) is -1.98. The van der Waals surface area contributed by atoms with Gasteiger partial charge in [-0.05, 0) is 12.1 Å². The Bertz CT molecular complexity index is 836. The van der Waals surface area contributed by atoms with E-state index >= 15 is 0 Å². The Hall–Kier alpha value is -1.90. The quantitative estimate of drug-likeness (QED) is 0.542. The van der Waals surface area contributed by atoms with Gasteiger partial charge in [0.25, 0.3) is 5.43 Å². The number of benzene rings is 1. The molecule has 2 aromatic carbocycles. The number of halogens is 1. The molecular formula is C10H7ClN2O5S. The van der Waals surface area contributed by atoms with E-state index < -0.39 is 31.5 Å². The van der Waals surface area contributed by atoms with Gasteiger partial charge in [0.2, 0.25) is 15.5 Å². The van der Waals surface area contributed by atoms with Gasteiger partial charge in [0.15, 0.2) is 5.75 Å². The van der Waals surface area contributed by atoms with Gasteiger partial charge in [-0.1, -0.05) is 17.7 Å². The standard InChI is InChI=1S/C10H7ClN2O5S/c11-6-7(10(16)9(6)15)13-4-2-1-3-5(8(4)14)19(12,17)18/h1-3,13-14H,(H2,12,17,18). The van der Waals surface area contributed by atoms with Gasteiger partial charge in [0, 0.05) is 0 Å². The molecule has 0 saturated carbocycles. The van der Waals surface area contributed by atoms with E-state index in [0.29, 0.717) is 0 Å². The number of anilines is 2. The lowest BCUT2D eigenvalue weighted by atomic mass is 10.2. The number of rotatable bonds is 3. The fraction of sp³-hybridized carbons (Fsp3) is 0. The Morgan fingerprint density at radius 1 is 1.21 bits per heavy atom. The summed E-state index contributed by atoms with van der Waals surface area (Å²) in [5.74, 6) is -0.658. The topological polar surface area (TPSA) is 127 Å². The number of sulfonamides is 1. The van der Waals surface area contributed by atoms with Crippen molar-refractivity contribution in [2.24, 2.45) is 5.14 Å². The van der Waals surface area contributed by atoms with Crippen molar-refractivity contribution in [1.82, 2.24) is 0 Å². The van der Waals surface area contributed by atoms with Gasteiger partial charge in [-0.15, -0.1) is 0 Å². The van der Waals surface area contributed by atoms with Crippen molar-refractivity contribution in [2.45, 2.75) is 4.90 Å². The van der Waals surface area contributed by atoms with Gasteiger partial charge in [-0.2, -0.15) is 0 Å². The molecule has 0 aliphatic heterocycles. The average Bonchev–Trinajstić information content (AvgIpc) is 2.34. The Morgan fingerprint density at radius 2 is 1.84 bits per heavy atom. The first kappa shape index (κ1) is 13.5. The minimum absolute atomic E-state index is 0.0967. The lowest BCUT2D eigenvalue weighted by Gasteiger charge is -2.12. The first-order valence-electron chi connectivity index (χ1n) is 4.84. The number of primary sulfonamides is 1. The highest BCUT2D eigenvalue weighted by Gasteiger charge is 2.22. The van der Waals surface area contributed by atoms with Gasteiger partial charge < -0.3 is 10.4 Å². The number of aromatic hydroxyl groups is 1. The Balaban J connectivity index is 2.49. The van der Waals surface area contributed by atoms with Gasteiger partial charge in [0.05, 0.1) is 5.69 Å². The molecule has 0 unspecified atom stereocenters. The number of phenolic OH excluding ortho intramolecular Hbond substituents is 1. The SMILES string of the molecule is NS(=O)(=O)c1cccc(Nc2c(Cl)c(=O)c2=O)c1O. The first-order chi connectivity index (χ1) is 8.73. The number of nitrogens with one attached hydrogen (secondary N) is 1. The molecule has 9 heteroatoms. The highest BCUT2D eigenvalue weighted by atomic mass is 35.5. The fourth-order valence-corrected chi connectivity index (χ4v) is 2.33. The van der Waals surface area contributed by atoms with E-state index in [1.54, 1.807) is 0 Å². The number of para-hydroxylation sites is 1. The van der Waals surface area contributed by atoms with Crippen molar-refractivity contribution in [2.75, 3.05) is 5.32 Å². The molecule has 0 saturated heterocycles. The average molecular weight is 303 g/mol. The van der Waals surface area contributed by atoms with Crippen molar-refractivity contribution in [3.05, 3.63) is 43.7 Å². The van der Waals surface area contributed by atoms with Gasteiger partial charge in [-0.25, -0.2) is 13.6 Å². The zero-order valence-electron chi connectivity index (χ0n) is 9.18. The molecule has 0 bridgehead atoms. The van der Waals surface area contributed by atoms with Crippen LogP contribution in [0.4, 0.5) is 11.4 Å². The van der Waals surface area contributed by atoms with Crippen molar-refractivity contribution in [3.63, 3.8) is 0 Å². The predicted octanol–water partition coefficient (Wildman–Crippen LogP) is 0.0326.